The zero-order chi connectivity index (χ0) is 30.6. The van der Waals surface area contributed by atoms with E-state index in [1.54, 1.807) is 18.3 Å². The topological polar surface area (TPSA) is 117 Å². The van der Waals surface area contributed by atoms with Crippen LogP contribution in [0.2, 0.25) is 10.0 Å². The standard InChI is InChI=1S/C31H32Cl2N6O4/c1-5-21(41)37-12-13-38-18(15-37)10-14-43-28-23-29(38)36-31(42)39(27-17(4)9-11-34-25(27)16(2)3)30(23)35-26(24(28)33)22-19(32)7-6-8-20(22)40/h5-9,11,16,18,21,40-41H,1,10,12-15H2,2-4H3. The third kappa shape index (κ3) is 4.92. The molecule has 2 atom stereocenters. The molecule has 6 rings (SSSR count). The van der Waals surface area contributed by atoms with E-state index in [9.17, 15) is 15.0 Å². The smallest absolute Gasteiger partial charge is 0.355 e. The highest BCUT2D eigenvalue weighted by molar-refractivity contribution is 6.38. The number of anilines is 1. The van der Waals surface area contributed by atoms with Gasteiger partial charge in [-0.15, -0.1) is 0 Å². The molecule has 12 heteroatoms. The average Bonchev–Trinajstić information content (AvgIpc) is 2.97. The van der Waals surface area contributed by atoms with Gasteiger partial charge >= 0.3 is 5.69 Å². The largest absolute Gasteiger partial charge is 0.507 e. The second kappa shape index (κ2) is 11.4. The summed E-state index contributed by atoms with van der Waals surface area (Å²) in [6, 6.07) is 6.49. The fourth-order valence-corrected chi connectivity index (χ4v) is 6.56. The van der Waals surface area contributed by atoms with E-state index >= 15 is 0 Å². The van der Waals surface area contributed by atoms with E-state index in [1.165, 1.54) is 16.7 Å². The van der Waals surface area contributed by atoms with Gasteiger partial charge in [-0.1, -0.05) is 49.7 Å². The lowest BCUT2D eigenvalue weighted by Gasteiger charge is -2.44. The van der Waals surface area contributed by atoms with Crippen molar-refractivity contribution in [2.75, 3.05) is 31.1 Å². The maximum Gasteiger partial charge on any atom is 0.355 e. The van der Waals surface area contributed by atoms with Crippen molar-refractivity contribution in [2.45, 2.75) is 45.4 Å². The van der Waals surface area contributed by atoms with Crippen LogP contribution in [0.1, 0.15) is 37.4 Å². The first-order chi connectivity index (χ1) is 20.6. The number of hydrogen-bond donors (Lipinski definition) is 2. The van der Waals surface area contributed by atoms with E-state index in [-0.39, 0.29) is 44.7 Å². The Morgan fingerprint density at radius 2 is 1.98 bits per heavy atom. The monoisotopic (exact) mass is 622 g/mol. The van der Waals surface area contributed by atoms with E-state index in [0.717, 1.165) is 5.56 Å². The molecule has 2 aliphatic rings. The highest BCUT2D eigenvalue weighted by atomic mass is 35.5. The van der Waals surface area contributed by atoms with Crippen LogP contribution in [-0.2, 0) is 0 Å². The second-order valence-corrected chi connectivity index (χ2v) is 11.9. The number of aryl methyl sites for hydroxylation is 1. The van der Waals surface area contributed by atoms with E-state index in [1.807, 2.05) is 31.7 Å². The molecule has 5 heterocycles. The number of hydrogen-bond acceptors (Lipinski definition) is 9. The third-order valence-electron chi connectivity index (χ3n) is 8.13. The van der Waals surface area contributed by atoms with Crippen molar-refractivity contribution in [3.63, 3.8) is 0 Å². The fraction of sp³-hybridized carbons (Fsp3) is 0.355. The number of nitrogens with zero attached hydrogens (tertiary/aromatic N) is 6. The molecule has 2 aliphatic heterocycles. The highest BCUT2D eigenvalue weighted by Crippen LogP contribution is 2.47. The summed E-state index contributed by atoms with van der Waals surface area (Å²) in [5.41, 5.74) is 2.23. The Labute approximate surface area is 258 Å². The molecule has 2 unspecified atom stereocenters. The molecular formula is C31H32Cl2N6O4. The van der Waals surface area contributed by atoms with E-state index in [2.05, 4.69) is 21.4 Å². The Morgan fingerprint density at radius 1 is 1.19 bits per heavy atom. The third-order valence-corrected chi connectivity index (χ3v) is 8.79. The summed E-state index contributed by atoms with van der Waals surface area (Å²) in [7, 11) is 0. The Balaban J connectivity index is 1.72. The van der Waals surface area contributed by atoms with Gasteiger partial charge < -0.3 is 19.8 Å². The molecule has 0 bridgehead atoms. The minimum atomic E-state index is -0.785. The predicted molar refractivity (Wildman–Crippen MR) is 168 cm³/mol. The molecule has 0 spiro atoms. The molecule has 224 valence electrons. The molecule has 0 radical (unpaired) electrons. The van der Waals surface area contributed by atoms with E-state index in [4.69, 9.17) is 32.9 Å². The number of fused-ring (bicyclic) bond motifs is 2. The van der Waals surface area contributed by atoms with Gasteiger partial charge in [-0.2, -0.15) is 4.98 Å². The Hall–Kier alpha value is -3.70. The first-order valence-corrected chi connectivity index (χ1v) is 14.9. The molecule has 4 aromatic rings. The number of benzene rings is 1. The van der Waals surface area contributed by atoms with Crippen LogP contribution in [0.25, 0.3) is 28.0 Å². The molecule has 0 saturated carbocycles. The van der Waals surface area contributed by atoms with Gasteiger partial charge in [0.25, 0.3) is 0 Å². The van der Waals surface area contributed by atoms with E-state index in [0.29, 0.717) is 61.0 Å². The normalized spacial score (nSPS) is 17.7. The van der Waals surface area contributed by atoms with Crippen molar-refractivity contribution in [3.8, 4) is 28.4 Å². The van der Waals surface area contributed by atoms with Gasteiger partial charge in [0.2, 0.25) is 0 Å². The van der Waals surface area contributed by atoms with Crippen molar-refractivity contribution in [1.82, 2.24) is 24.4 Å². The van der Waals surface area contributed by atoms with Crippen molar-refractivity contribution < 1.29 is 14.9 Å². The van der Waals surface area contributed by atoms with Gasteiger partial charge in [0, 0.05) is 38.3 Å². The Bertz CT molecular complexity index is 1790. The number of aliphatic hydroxyl groups excluding tert-OH is 1. The van der Waals surface area contributed by atoms with Crippen LogP contribution in [0.5, 0.6) is 11.5 Å². The first-order valence-electron chi connectivity index (χ1n) is 14.2. The van der Waals surface area contributed by atoms with Crippen molar-refractivity contribution >= 4 is 40.1 Å². The molecule has 10 nitrogen and oxygen atoms in total. The van der Waals surface area contributed by atoms with Crippen LogP contribution < -0.4 is 15.3 Å². The average molecular weight is 624 g/mol. The summed E-state index contributed by atoms with van der Waals surface area (Å²) in [6.45, 7) is 11.5. The van der Waals surface area contributed by atoms with Crippen molar-refractivity contribution in [3.05, 3.63) is 74.9 Å². The van der Waals surface area contributed by atoms with Gasteiger partial charge in [-0.05, 0) is 42.7 Å². The summed E-state index contributed by atoms with van der Waals surface area (Å²) >= 11 is 13.6. The molecule has 0 aliphatic carbocycles. The zero-order valence-electron chi connectivity index (χ0n) is 24.1. The van der Waals surface area contributed by atoms with Gasteiger partial charge in [0.15, 0.2) is 11.4 Å². The number of aromatic nitrogens is 4. The summed E-state index contributed by atoms with van der Waals surface area (Å²) < 4.78 is 7.85. The lowest BCUT2D eigenvalue weighted by atomic mass is 10.0. The molecule has 3 aromatic heterocycles. The highest BCUT2D eigenvalue weighted by Gasteiger charge is 2.36. The van der Waals surface area contributed by atoms with Crippen LogP contribution in [0, 0.1) is 6.92 Å². The van der Waals surface area contributed by atoms with Crippen LogP contribution in [0.4, 0.5) is 5.82 Å². The quantitative estimate of drug-likeness (QED) is 0.294. The lowest BCUT2D eigenvalue weighted by molar-refractivity contribution is 0.0255. The van der Waals surface area contributed by atoms with Crippen LogP contribution in [0.15, 0.2) is 47.9 Å². The molecule has 0 amide bonds. The maximum atomic E-state index is 14.2. The number of pyridine rings is 2. The van der Waals surface area contributed by atoms with Crippen molar-refractivity contribution in [1.29, 1.82) is 0 Å². The fourth-order valence-electron chi connectivity index (χ4n) is 6.01. The van der Waals surface area contributed by atoms with Gasteiger partial charge in [0.1, 0.15) is 33.9 Å². The molecule has 43 heavy (non-hydrogen) atoms. The van der Waals surface area contributed by atoms with Crippen LogP contribution in [-0.4, -0.2) is 73.1 Å². The molecule has 2 N–H and O–H groups in total. The summed E-state index contributed by atoms with van der Waals surface area (Å²) in [5, 5.41) is 22.2. The van der Waals surface area contributed by atoms with Gasteiger partial charge in [-0.25, -0.2) is 14.3 Å². The SMILES string of the molecule is C=CC(O)N1CCN2c3nc(=O)n(-c4c(C)ccnc4C(C)C)c4nc(-c5c(O)cccc5Cl)c(Cl)c(c34)OCCC2C1. The number of rotatable bonds is 5. The summed E-state index contributed by atoms with van der Waals surface area (Å²) in [6.07, 6.45) is 3.01. The van der Waals surface area contributed by atoms with E-state index < -0.39 is 11.9 Å². The molecule has 1 fully saturated rings. The summed E-state index contributed by atoms with van der Waals surface area (Å²) in [5.74, 6) is 0.580. The second-order valence-electron chi connectivity index (χ2n) is 11.1. The summed E-state index contributed by atoms with van der Waals surface area (Å²) in [4.78, 5) is 32.4. The number of aliphatic hydroxyl groups is 1. The zero-order valence-corrected chi connectivity index (χ0v) is 25.6. The maximum absolute atomic E-state index is 14.2. The number of phenolic OH excluding ortho intramolecular Hbond substituents is 1. The number of ether oxygens (including phenoxy) is 1. The Morgan fingerprint density at radius 3 is 2.70 bits per heavy atom. The molecule has 1 saturated heterocycles. The van der Waals surface area contributed by atoms with Crippen molar-refractivity contribution in [2.24, 2.45) is 0 Å². The van der Waals surface area contributed by atoms with Gasteiger partial charge in [0.05, 0.1) is 28.6 Å². The molecular weight excluding hydrogens is 591 g/mol. The first kappa shape index (κ1) is 29.4. The number of phenols is 1. The van der Waals surface area contributed by atoms with Gasteiger partial charge in [-0.3, -0.25) is 9.88 Å². The minimum Gasteiger partial charge on any atom is -0.507 e. The predicted octanol–water partition coefficient (Wildman–Crippen LogP) is 5.06. The number of halogens is 2. The minimum absolute atomic E-state index is 0.0146. The molecule has 1 aromatic carbocycles. The van der Waals surface area contributed by atoms with Crippen LogP contribution >= 0.6 is 23.2 Å². The Kier molecular flexibility index (Phi) is 7.80. The number of piperazine rings is 1. The van der Waals surface area contributed by atoms with Crippen LogP contribution in [0.3, 0.4) is 0 Å². The number of aromatic hydroxyl groups is 1. The lowest BCUT2D eigenvalue weighted by Crippen LogP contribution is -2.57.